The Morgan fingerprint density at radius 3 is 2.43 bits per heavy atom. The highest BCUT2D eigenvalue weighted by molar-refractivity contribution is 5.29. The molecule has 2 N–H and O–H groups in total. The van der Waals surface area contributed by atoms with Crippen LogP contribution in [0.2, 0.25) is 0 Å². The molecule has 0 amide bonds. The number of rotatable bonds is 1. The number of aliphatic hydroxyl groups is 1. The predicted molar refractivity (Wildman–Crippen MR) is 41.7 cm³/mol. The molecule has 6 heteroatoms. The van der Waals surface area contributed by atoms with Crippen LogP contribution in [0.3, 0.4) is 0 Å². The molecule has 14 heavy (non-hydrogen) atoms. The standard InChI is InChI=1S/C8H8F3NO2/c1-4-2-3-5(13)6(12-4)7(14)8(9,10)11/h2-3,7,13-14H,1H3/t7-/m1/s1. The molecule has 0 aromatic carbocycles. The smallest absolute Gasteiger partial charge is 0.420 e. The van der Waals surface area contributed by atoms with E-state index in [-0.39, 0.29) is 0 Å². The van der Waals surface area contributed by atoms with E-state index in [1.165, 1.54) is 13.0 Å². The van der Waals surface area contributed by atoms with Gasteiger partial charge in [-0.25, -0.2) is 0 Å². The van der Waals surface area contributed by atoms with Gasteiger partial charge in [0.25, 0.3) is 0 Å². The van der Waals surface area contributed by atoms with Gasteiger partial charge >= 0.3 is 6.18 Å². The summed E-state index contributed by atoms with van der Waals surface area (Å²) < 4.78 is 36.1. The summed E-state index contributed by atoms with van der Waals surface area (Å²) >= 11 is 0. The summed E-state index contributed by atoms with van der Waals surface area (Å²) in [7, 11) is 0. The van der Waals surface area contributed by atoms with Gasteiger partial charge in [0.2, 0.25) is 0 Å². The average molecular weight is 207 g/mol. The number of aliphatic hydroxyl groups excluding tert-OH is 1. The van der Waals surface area contributed by atoms with E-state index in [1.807, 2.05) is 0 Å². The van der Waals surface area contributed by atoms with Crippen molar-refractivity contribution in [3.05, 3.63) is 23.5 Å². The zero-order valence-corrected chi connectivity index (χ0v) is 7.21. The van der Waals surface area contributed by atoms with Crippen LogP contribution in [0.25, 0.3) is 0 Å². The van der Waals surface area contributed by atoms with E-state index in [9.17, 15) is 13.2 Å². The molecule has 3 nitrogen and oxygen atoms in total. The summed E-state index contributed by atoms with van der Waals surface area (Å²) in [5.41, 5.74) is -0.474. The van der Waals surface area contributed by atoms with Crippen LogP contribution in [-0.2, 0) is 0 Å². The van der Waals surface area contributed by atoms with E-state index in [0.29, 0.717) is 5.69 Å². The maximum absolute atomic E-state index is 12.0. The van der Waals surface area contributed by atoms with Gasteiger partial charge in [-0.15, -0.1) is 0 Å². The number of pyridine rings is 1. The average Bonchev–Trinajstić information content (AvgIpc) is 2.06. The molecule has 0 fully saturated rings. The van der Waals surface area contributed by atoms with Crippen LogP contribution in [0, 0.1) is 6.92 Å². The van der Waals surface area contributed by atoms with E-state index < -0.39 is 23.7 Å². The summed E-state index contributed by atoms with van der Waals surface area (Å²) in [6.07, 6.45) is -7.57. The maximum atomic E-state index is 12.0. The Labute approximate surface area is 77.8 Å². The summed E-state index contributed by atoms with van der Waals surface area (Å²) in [6.45, 7) is 1.46. The van der Waals surface area contributed by atoms with Crippen molar-refractivity contribution in [1.29, 1.82) is 0 Å². The fourth-order valence-corrected chi connectivity index (χ4v) is 0.926. The van der Waals surface area contributed by atoms with Crippen LogP contribution in [-0.4, -0.2) is 21.4 Å². The van der Waals surface area contributed by atoms with Gasteiger partial charge in [0.1, 0.15) is 11.4 Å². The van der Waals surface area contributed by atoms with E-state index >= 15 is 0 Å². The SMILES string of the molecule is Cc1ccc(O)c([C@@H](O)C(F)(F)F)n1. The molecular weight excluding hydrogens is 199 g/mol. The van der Waals surface area contributed by atoms with Gasteiger partial charge in [-0.1, -0.05) is 0 Å². The normalized spacial score (nSPS) is 14.1. The molecular formula is C8H8F3NO2. The van der Waals surface area contributed by atoms with Crippen molar-refractivity contribution < 1.29 is 23.4 Å². The van der Waals surface area contributed by atoms with Gasteiger partial charge in [-0.05, 0) is 19.1 Å². The molecule has 1 aromatic rings. The third kappa shape index (κ3) is 2.14. The molecule has 1 rings (SSSR count). The van der Waals surface area contributed by atoms with Gasteiger partial charge in [-0.3, -0.25) is 4.98 Å². The second-order valence-electron chi connectivity index (χ2n) is 2.80. The Morgan fingerprint density at radius 2 is 1.93 bits per heavy atom. The lowest BCUT2D eigenvalue weighted by atomic mass is 10.2. The zero-order chi connectivity index (χ0) is 10.9. The monoisotopic (exact) mass is 207 g/mol. The van der Waals surface area contributed by atoms with Crippen molar-refractivity contribution >= 4 is 0 Å². The van der Waals surface area contributed by atoms with Gasteiger partial charge in [0.15, 0.2) is 6.10 Å². The van der Waals surface area contributed by atoms with E-state index in [1.54, 1.807) is 0 Å². The molecule has 0 unspecified atom stereocenters. The van der Waals surface area contributed by atoms with Crippen molar-refractivity contribution in [2.75, 3.05) is 0 Å². The molecule has 1 atom stereocenters. The number of nitrogens with zero attached hydrogens (tertiary/aromatic N) is 1. The second kappa shape index (κ2) is 3.45. The highest BCUT2D eigenvalue weighted by atomic mass is 19.4. The highest BCUT2D eigenvalue weighted by Crippen LogP contribution is 2.35. The number of aromatic hydroxyl groups is 1. The summed E-state index contributed by atoms with van der Waals surface area (Å²) in [4.78, 5) is 3.42. The molecule has 0 aliphatic heterocycles. The van der Waals surface area contributed by atoms with Crippen molar-refractivity contribution in [1.82, 2.24) is 4.98 Å². The summed E-state index contributed by atoms with van der Waals surface area (Å²) in [5.74, 6) is -0.666. The Morgan fingerprint density at radius 1 is 1.36 bits per heavy atom. The predicted octanol–water partition coefficient (Wildman–Crippen LogP) is 1.69. The zero-order valence-electron chi connectivity index (χ0n) is 7.21. The molecule has 1 heterocycles. The highest BCUT2D eigenvalue weighted by Gasteiger charge is 2.41. The van der Waals surface area contributed by atoms with Crippen LogP contribution in [0.5, 0.6) is 5.75 Å². The molecule has 0 saturated heterocycles. The van der Waals surface area contributed by atoms with Crippen LogP contribution >= 0.6 is 0 Å². The lowest BCUT2D eigenvalue weighted by molar-refractivity contribution is -0.208. The second-order valence-corrected chi connectivity index (χ2v) is 2.80. The first-order chi connectivity index (χ1) is 6.32. The van der Waals surface area contributed by atoms with Crippen LogP contribution in [0.15, 0.2) is 12.1 Å². The first-order valence-corrected chi connectivity index (χ1v) is 3.73. The summed E-state index contributed by atoms with van der Waals surface area (Å²) in [6, 6.07) is 2.41. The largest absolute Gasteiger partial charge is 0.506 e. The number of hydrogen-bond acceptors (Lipinski definition) is 3. The minimum absolute atomic E-state index is 0.293. The van der Waals surface area contributed by atoms with Crippen molar-refractivity contribution in [3.63, 3.8) is 0 Å². The van der Waals surface area contributed by atoms with Crippen molar-refractivity contribution in [2.45, 2.75) is 19.2 Å². The van der Waals surface area contributed by atoms with Gasteiger partial charge in [0, 0.05) is 5.69 Å². The molecule has 78 valence electrons. The molecule has 0 saturated carbocycles. The minimum atomic E-state index is -4.82. The lowest BCUT2D eigenvalue weighted by Crippen LogP contribution is -2.21. The molecule has 0 spiro atoms. The third-order valence-corrected chi connectivity index (χ3v) is 1.61. The Kier molecular flexibility index (Phi) is 2.66. The lowest BCUT2D eigenvalue weighted by Gasteiger charge is -2.15. The molecule has 0 aliphatic carbocycles. The number of alkyl halides is 3. The van der Waals surface area contributed by atoms with Crippen molar-refractivity contribution in [2.24, 2.45) is 0 Å². The van der Waals surface area contributed by atoms with Crippen LogP contribution < -0.4 is 0 Å². The number of aromatic nitrogens is 1. The van der Waals surface area contributed by atoms with Gasteiger partial charge < -0.3 is 10.2 Å². The number of halogens is 3. The van der Waals surface area contributed by atoms with Crippen molar-refractivity contribution in [3.8, 4) is 5.75 Å². The first-order valence-electron chi connectivity index (χ1n) is 3.73. The maximum Gasteiger partial charge on any atom is 0.420 e. The Hall–Kier alpha value is -1.30. The van der Waals surface area contributed by atoms with E-state index in [4.69, 9.17) is 10.2 Å². The summed E-state index contributed by atoms with van der Waals surface area (Å²) in [5, 5.41) is 17.9. The Bertz CT molecular complexity index is 338. The number of aryl methyl sites for hydroxylation is 1. The quantitative estimate of drug-likeness (QED) is 0.736. The molecule has 1 aromatic heterocycles. The Balaban J connectivity index is 3.12. The number of hydrogen-bond donors (Lipinski definition) is 2. The van der Waals surface area contributed by atoms with Crippen LogP contribution in [0.4, 0.5) is 13.2 Å². The molecule has 0 aliphatic rings. The molecule has 0 bridgehead atoms. The third-order valence-electron chi connectivity index (χ3n) is 1.61. The first kappa shape index (κ1) is 10.8. The fraction of sp³-hybridized carbons (Fsp3) is 0.375. The minimum Gasteiger partial charge on any atom is -0.506 e. The topological polar surface area (TPSA) is 53.4 Å². The van der Waals surface area contributed by atoms with E-state index in [0.717, 1.165) is 6.07 Å². The van der Waals surface area contributed by atoms with Gasteiger partial charge in [0.05, 0.1) is 0 Å². The molecule has 0 radical (unpaired) electrons. The van der Waals surface area contributed by atoms with E-state index in [2.05, 4.69) is 4.98 Å². The fourth-order valence-electron chi connectivity index (χ4n) is 0.926. The van der Waals surface area contributed by atoms with Crippen LogP contribution in [0.1, 0.15) is 17.5 Å². The van der Waals surface area contributed by atoms with Gasteiger partial charge in [-0.2, -0.15) is 13.2 Å².